The molecule has 0 aromatic carbocycles. The van der Waals surface area contributed by atoms with Crippen molar-refractivity contribution in [3.63, 3.8) is 0 Å². The molecule has 0 bridgehead atoms. The molecule has 0 aliphatic carbocycles. The number of hydrogen-bond donors (Lipinski definition) is 5. The van der Waals surface area contributed by atoms with E-state index in [0.29, 0.717) is 0 Å². The summed E-state index contributed by atoms with van der Waals surface area (Å²) in [5.41, 5.74) is 4.63. The Labute approximate surface area is 139 Å². The van der Waals surface area contributed by atoms with Gasteiger partial charge in [-0.3, -0.25) is 4.57 Å². The lowest BCUT2D eigenvalue weighted by molar-refractivity contribution is -0.870. The van der Waals surface area contributed by atoms with E-state index < -0.39 is 36.8 Å². The summed E-state index contributed by atoms with van der Waals surface area (Å²) in [5, 5.41) is 36.5. The topological polar surface area (TPSA) is 151 Å². The van der Waals surface area contributed by atoms with Crippen molar-refractivity contribution in [1.29, 1.82) is 0 Å². The Morgan fingerprint density at radius 1 is 1.29 bits per heavy atom. The summed E-state index contributed by atoms with van der Waals surface area (Å²) in [6, 6.07) is 1.37. The predicted molar refractivity (Wildman–Crippen MR) is 85.9 cm³/mol. The average Bonchev–Trinajstić information content (AvgIpc) is 2.74. The lowest BCUT2D eigenvalue weighted by atomic mass is 10.1. The maximum atomic E-state index is 11.5. The minimum absolute atomic E-state index is 0.0537. The molecule has 6 N–H and O–H groups in total. The zero-order valence-electron chi connectivity index (χ0n) is 14.1. The van der Waals surface area contributed by atoms with Gasteiger partial charge >= 0.3 is 5.69 Å². The quantitative estimate of drug-likeness (QED) is 0.364. The van der Waals surface area contributed by atoms with Crippen LogP contribution in [-0.4, -0.2) is 93.7 Å². The van der Waals surface area contributed by atoms with E-state index in [0.717, 1.165) is 15.6 Å². The Morgan fingerprint density at radius 2 is 1.92 bits per heavy atom. The standard InChI is InChI=1S/C9H13N3O5.C5H14NO/c10-5-1-2-12(9(16)11-5)8-7(15)6(14)4(3-13)17-8;1-6(2,3)4-5-7/h1-2,4,6-8,13-15H,3H2,(H2,10,11,16);7H,4-5H2,1-3H3/q;+1/t4-,6-,7-,8-;/m1./s1. The summed E-state index contributed by atoms with van der Waals surface area (Å²) in [7, 11) is 6.16. The molecule has 0 unspecified atom stereocenters. The van der Waals surface area contributed by atoms with Crippen molar-refractivity contribution in [2.75, 3.05) is 46.6 Å². The number of nitrogens with zero attached hydrogens (tertiary/aromatic N) is 3. The van der Waals surface area contributed by atoms with Crippen LogP contribution in [0.3, 0.4) is 0 Å². The highest BCUT2D eigenvalue weighted by molar-refractivity contribution is 5.23. The van der Waals surface area contributed by atoms with Crippen LogP contribution in [0.4, 0.5) is 5.82 Å². The van der Waals surface area contributed by atoms with Gasteiger partial charge in [-0.2, -0.15) is 4.98 Å². The van der Waals surface area contributed by atoms with E-state index in [1.54, 1.807) is 0 Å². The highest BCUT2D eigenvalue weighted by atomic mass is 16.6. The first-order chi connectivity index (χ1) is 11.1. The SMILES string of the molecule is C[N+](C)(C)CCO.Nc1ccn([C@@H]2O[C@H](CO)[C@@H](O)[C@H]2O)c(=O)n1. The second-order valence-electron chi connectivity index (χ2n) is 6.51. The Kier molecular flexibility index (Phi) is 7.27. The van der Waals surface area contributed by atoms with E-state index in [1.807, 2.05) is 0 Å². The van der Waals surface area contributed by atoms with Gasteiger partial charge in [0.2, 0.25) is 0 Å². The van der Waals surface area contributed by atoms with Gasteiger partial charge < -0.3 is 35.4 Å². The van der Waals surface area contributed by atoms with Gasteiger partial charge in [-0.1, -0.05) is 0 Å². The molecular weight excluding hydrogens is 320 g/mol. The first kappa shape index (κ1) is 20.5. The molecule has 2 heterocycles. The van der Waals surface area contributed by atoms with Crippen LogP contribution >= 0.6 is 0 Å². The van der Waals surface area contributed by atoms with Crippen LogP contribution in [0.5, 0.6) is 0 Å². The average molecular weight is 347 g/mol. The fourth-order valence-corrected chi connectivity index (χ4v) is 2.03. The molecule has 0 radical (unpaired) electrons. The van der Waals surface area contributed by atoms with E-state index in [4.69, 9.17) is 20.7 Å². The van der Waals surface area contributed by atoms with Crippen LogP contribution in [0.15, 0.2) is 17.1 Å². The molecule has 10 heteroatoms. The molecular formula is C14H27N4O6+. The zero-order valence-corrected chi connectivity index (χ0v) is 14.1. The van der Waals surface area contributed by atoms with E-state index >= 15 is 0 Å². The molecule has 1 saturated heterocycles. The van der Waals surface area contributed by atoms with Crippen LogP contribution in [0.25, 0.3) is 0 Å². The van der Waals surface area contributed by atoms with Gasteiger partial charge in [0.1, 0.15) is 30.7 Å². The van der Waals surface area contributed by atoms with Crippen molar-refractivity contribution < 1.29 is 29.6 Å². The second kappa shape index (κ2) is 8.51. The van der Waals surface area contributed by atoms with Crippen molar-refractivity contribution in [3.05, 3.63) is 22.7 Å². The van der Waals surface area contributed by atoms with Crippen molar-refractivity contribution in [3.8, 4) is 0 Å². The van der Waals surface area contributed by atoms with Gasteiger partial charge in [0, 0.05) is 6.20 Å². The molecule has 0 spiro atoms. The van der Waals surface area contributed by atoms with Crippen LogP contribution in [0, 0.1) is 0 Å². The summed E-state index contributed by atoms with van der Waals surface area (Å²) in [6.07, 6.45) is -3.27. The van der Waals surface area contributed by atoms with Crippen LogP contribution in [0.1, 0.15) is 6.23 Å². The van der Waals surface area contributed by atoms with Crippen molar-refractivity contribution in [2.24, 2.45) is 0 Å². The van der Waals surface area contributed by atoms with Crippen molar-refractivity contribution in [1.82, 2.24) is 9.55 Å². The Bertz CT molecular complexity index is 573. The monoisotopic (exact) mass is 347 g/mol. The number of aliphatic hydroxyl groups is 4. The normalized spacial score (nSPS) is 26.8. The number of aliphatic hydroxyl groups excluding tert-OH is 4. The largest absolute Gasteiger partial charge is 0.394 e. The number of quaternary nitrogens is 1. The number of nitrogen functional groups attached to an aromatic ring is 1. The van der Waals surface area contributed by atoms with Crippen LogP contribution in [-0.2, 0) is 4.74 Å². The van der Waals surface area contributed by atoms with Crippen molar-refractivity contribution in [2.45, 2.75) is 24.5 Å². The van der Waals surface area contributed by atoms with Gasteiger partial charge in [0.25, 0.3) is 0 Å². The third-order valence-electron chi connectivity index (χ3n) is 3.41. The molecule has 1 aromatic rings. The number of aromatic nitrogens is 2. The second-order valence-corrected chi connectivity index (χ2v) is 6.51. The van der Waals surface area contributed by atoms with Crippen LogP contribution < -0.4 is 11.4 Å². The number of hydrogen-bond acceptors (Lipinski definition) is 8. The molecule has 0 saturated carbocycles. The summed E-state index contributed by atoms with van der Waals surface area (Å²) in [4.78, 5) is 15.0. The highest BCUT2D eigenvalue weighted by Gasteiger charge is 2.43. The van der Waals surface area contributed by atoms with Gasteiger partial charge in [-0.05, 0) is 6.07 Å². The smallest absolute Gasteiger partial charge is 0.351 e. The fraction of sp³-hybridized carbons (Fsp3) is 0.714. The predicted octanol–water partition coefficient (Wildman–Crippen LogP) is -2.88. The molecule has 1 aliphatic heterocycles. The molecule has 138 valence electrons. The molecule has 4 atom stereocenters. The minimum atomic E-state index is -1.31. The molecule has 10 nitrogen and oxygen atoms in total. The molecule has 0 amide bonds. The number of anilines is 1. The Morgan fingerprint density at radius 3 is 2.29 bits per heavy atom. The van der Waals surface area contributed by atoms with Gasteiger partial charge in [-0.25, -0.2) is 4.79 Å². The van der Waals surface area contributed by atoms with E-state index in [-0.39, 0.29) is 12.4 Å². The van der Waals surface area contributed by atoms with Gasteiger partial charge in [-0.15, -0.1) is 0 Å². The number of rotatable bonds is 4. The number of likely N-dealkylation sites (N-methyl/N-ethyl adjacent to an activating group) is 1. The first-order valence-corrected chi connectivity index (χ1v) is 7.49. The lowest BCUT2D eigenvalue weighted by Gasteiger charge is -2.21. The summed E-state index contributed by atoms with van der Waals surface area (Å²) < 4.78 is 7.03. The molecule has 1 aromatic heterocycles. The van der Waals surface area contributed by atoms with Gasteiger partial charge in [0.15, 0.2) is 6.23 Å². The van der Waals surface area contributed by atoms with E-state index in [1.165, 1.54) is 12.3 Å². The van der Waals surface area contributed by atoms with Crippen molar-refractivity contribution >= 4 is 5.82 Å². The first-order valence-electron chi connectivity index (χ1n) is 7.49. The van der Waals surface area contributed by atoms with Crippen LogP contribution in [0.2, 0.25) is 0 Å². The Hall–Kier alpha value is -1.56. The third kappa shape index (κ3) is 5.51. The minimum Gasteiger partial charge on any atom is -0.394 e. The highest BCUT2D eigenvalue weighted by Crippen LogP contribution is 2.27. The molecule has 1 fully saturated rings. The maximum absolute atomic E-state index is 11.5. The summed E-state index contributed by atoms with van der Waals surface area (Å²) >= 11 is 0. The fourth-order valence-electron chi connectivity index (χ4n) is 2.03. The van der Waals surface area contributed by atoms with E-state index in [2.05, 4.69) is 26.1 Å². The summed E-state index contributed by atoms with van der Waals surface area (Å²) in [5.74, 6) is 0.0537. The number of ether oxygens (including phenoxy) is 1. The maximum Gasteiger partial charge on any atom is 0.351 e. The summed E-state index contributed by atoms with van der Waals surface area (Å²) in [6.45, 7) is 0.662. The molecule has 2 rings (SSSR count). The Balaban J connectivity index is 0.000000351. The zero-order chi connectivity index (χ0) is 18.5. The molecule has 1 aliphatic rings. The third-order valence-corrected chi connectivity index (χ3v) is 3.41. The lowest BCUT2D eigenvalue weighted by Crippen LogP contribution is -2.36. The molecule has 24 heavy (non-hydrogen) atoms. The van der Waals surface area contributed by atoms with E-state index in [9.17, 15) is 15.0 Å². The van der Waals surface area contributed by atoms with Gasteiger partial charge in [0.05, 0.1) is 34.4 Å². The number of nitrogens with two attached hydrogens (primary N) is 1.